The summed E-state index contributed by atoms with van der Waals surface area (Å²) < 4.78 is 0. The van der Waals surface area contributed by atoms with E-state index in [9.17, 15) is 4.79 Å². The lowest BCUT2D eigenvalue weighted by atomic mass is 9.94. The van der Waals surface area contributed by atoms with Crippen molar-refractivity contribution in [3.63, 3.8) is 0 Å². The van der Waals surface area contributed by atoms with Crippen molar-refractivity contribution in [1.29, 1.82) is 0 Å². The molecule has 0 aliphatic carbocycles. The second-order valence-corrected chi connectivity index (χ2v) is 4.85. The Morgan fingerprint density at radius 3 is 2.50 bits per heavy atom. The van der Waals surface area contributed by atoms with Gasteiger partial charge in [0.1, 0.15) is 0 Å². The number of benzene rings is 1. The van der Waals surface area contributed by atoms with E-state index in [1.165, 1.54) is 0 Å². The van der Waals surface area contributed by atoms with E-state index in [2.05, 4.69) is 0 Å². The maximum absolute atomic E-state index is 12.2. The molecule has 0 fully saturated rings. The van der Waals surface area contributed by atoms with Crippen LogP contribution in [0.1, 0.15) is 28.4 Å². The molecule has 1 unspecified atom stereocenters. The Labute approximate surface area is 98.3 Å². The highest BCUT2D eigenvalue weighted by molar-refractivity contribution is 5.99. The van der Waals surface area contributed by atoms with E-state index < -0.39 is 0 Å². The predicted octanol–water partition coefficient (Wildman–Crippen LogP) is 2.68. The van der Waals surface area contributed by atoms with E-state index >= 15 is 0 Å². The summed E-state index contributed by atoms with van der Waals surface area (Å²) in [5, 5.41) is 0. The first kappa shape index (κ1) is 12.9. The molecular formula is C14H21NO. The van der Waals surface area contributed by atoms with Gasteiger partial charge in [0.2, 0.25) is 0 Å². The summed E-state index contributed by atoms with van der Waals surface area (Å²) in [4.78, 5) is 14.3. The number of Topliss-reactive ketones (excluding diaryl/α,β-unsaturated/α-hetero) is 1. The Morgan fingerprint density at radius 1 is 1.31 bits per heavy atom. The minimum absolute atomic E-state index is 0.0514. The first-order valence-electron chi connectivity index (χ1n) is 5.68. The number of hydrogen-bond acceptors (Lipinski definition) is 2. The predicted molar refractivity (Wildman–Crippen MR) is 68.0 cm³/mol. The Hall–Kier alpha value is -1.15. The van der Waals surface area contributed by atoms with Crippen molar-refractivity contribution in [2.75, 3.05) is 20.6 Å². The van der Waals surface area contributed by atoms with Crippen LogP contribution in [0.15, 0.2) is 18.2 Å². The van der Waals surface area contributed by atoms with Crippen LogP contribution in [0.4, 0.5) is 0 Å². The fourth-order valence-electron chi connectivity index (χ4n) is 1.90. The largest absolute Gasteiger partial charge is 0.309 e. The van der Waals surface area contributed by atoms with E-state index in [0.29, 0.717) is 0 Å². The lowest BCUT2D eigenvalue weighted by molar-refractivity contribution is 0.0909. The van der Waals surface area contributed by atoms with Crippen LogP contribution in [0.5, 0.6) is 0 Å². The molecule has 0 saturated heterocycles. The zero-order chi connectivity index (χ0) is 12.3. The molecule has 0 amide bonds. The van der Waals surface area contributed by atoms with Gasteiger partial charge in [0.25, 0.3) is 0 Å². The smallest absolute Gasteiger partial charge is 0.167 e. The van der Waals surface area contributed by atoms with Gasteiger partial charge in [0, 0.05) is 18.0 Å². The van der Waals surface area contributed by atoms with Gasteiger partial charge in [-0.3, -0.25) is 4.79 Å². The average Bonchev–Trinajstić information content (AvgIpc) is 2.19. The van der Waals surface area contributed by atoms with Gasteiger partial charge in [0.05, 0.1) is 0 Å². The normalized spacial score (nSPS) is 12.9. The van der Waals surface area contributed by atoms with Crippen LogP contribution in [0.2, 0.25) is 0 Å². The Kier molecular flexibility index (Phi) is 4.25. The second-order valence-electron chi connectivity index (χ2n) is 4.85. The summed E-state index contributed by atoms with van der Waals surface area (Å²) >= 11 is 0. The number of carbonyl (C=O) groups excluding carboxylic acids is 1. The molecule has 1 aromatic rings. The first-order valence-corrected chi connectivity index (χ1v) is 5.68. The quantitative estimate of drug-likeness (QED) is 0.726. The molecule has 1 rings (SSSR count). The molecule has 0 spiro atoms. The van der Waals surface area contributed by atoms with Crippen LogP contribution in [0, 0.1) is 19.8 Å². The van der Waals surface area contributed by atoms with Crippen molar-refractivity contribution >= 4 is 5.78 Å². The summed E-state index contributed by atoms with van der Waals surface area (Å²) in [6.45, 7) is 6.80. The molecule has 0 N–H and O–H groups in total. The highest BCUT2D eigenvalue weighted by atomic mass is 16.1. The van der Waals surface area contributed by atoms with Crippen LogP contribution in [-0.2, 0) is 0 Å². The van der Waals surface area contributed by atoms with E-state index in [-0.39, 0.29) is 11.7 Å². The van der Waals surface area contributed by atoms with Gasteiger partial charge in [-0.25, -0.2) is 0 Å². The second kappa shape index (κ2) is 5.26. The Bertz CT molecular complexity index is 382. The first-order chi connectivity index (χ1) is 7.41. The maximum atomic E-state index is 12.2. The number of rotatable bonds is 4. The van der Waals surface area contributed by atoms with Gasteiger partial charge in [-0.15, -0.1) is 0 Å². The number of nitrogens with zero attached hydrogens (tertiary/aromatic N) is 1. The molecule has 0 aliphatic rings. The van der Waals surface area contributed by atoms with Crippen LogP contribution < -0.4 is 0 Å². The monoisotopic (exact) mass is 219 g/mol. The molecule has 2 nitrogen and oxygen atoms in total. The van der Waals surface area contributed by atoms with Crippen molar-refractivity contribution < 1.29 is 4.79 Å². The minimum atomic E-state index is 0.0514. The molecular weight excluding hydrogens is 198 g/mol. The third-order valence-corrected chi connectivity index (χ3v) is 2.75. The fraction of sp³-hybridized carbons (Fsp3) is 0.500. The van der Waals surface area contributed by atoms with Gasteiger partial charge in [-0.1, -0.05) is 24.6 Å². The third-order valence-electron chi connectivity index (χ3n) is 2.75. The number of carbonyl (C=O) groups is 1. The minimum Gasteiger partial charge on any atom is -0.309 e. The summed E-state index contributed by atoms with van der Waals surface area (Å²) in [5.41, 5.74) is 3.08. The molecule has 0 saturated carbocycles. The van der Waals surface area contributed by atoms with Crippen LogP contribution >= 0.6 is 0 Å². The van der Waals surface area contributed by atoms with Gasteiger partial charge < -0.3 is 4.90 Å². The fourth-order valence-corrected chi connectivity index (χ4v) is 1.90. The van der Waals surface area contributed by atoms with Gasteiger partial charge >= 0.3 is 0 Å². The van der Waals surface area contributed by atoms with Crippen LogP contribution in [-0.4, -0.2) is 31.3 Å². The Morgan fingerprint density at radius 2 is 1.94 bits per heavy atom. The van der Waals surface area contributed by atoms with Crippen molar-refractivity contribution in [3.8, 4) is 0 Å². The molecule has 0 heterocycles. The van der Waals surface area contributed by atoms with Crippen molar-refractivity contribution in [3.05, 3.63) is 34.9 Å². The molecule has 2 heteroatoms. The summed E-state index contributed by atoms with van der Waals surface area (Å²) in [6.07, 6.45) is 0. The number of aryl methyl sites for hydroxylation is 2. The highest BCUT2D eigenvalue weighted by Gasteiger charge is 2.17. The SMILES string of the molecule is Cc1ccc(C)c(C(=O)C(C)CN(C)C)c1. The van der Waals surface area contributed by atoms with E-state index in [4.69, 9.17) is 0 Å². The van der Waals surface area contributed by atoms with Crippen LogP contribution in [0.3, 0.4) is 0 Å². The molecule has 0 aliphatic heterocycles. The maximum Gasteiger partial charge on any atom is 0.167 e. The molecule has 1 aromatic carbocycles. The molecule has 0 radical (unpaired) electrons. The van der Waals surface area contributed by atoms with E-state index in [0.717, 1.165) is 23.2 Å². The average molecular weight is 219 g/mol. The third kappa shape index (κ3) is 3.17. The lowest BCUT2D eigenvalue weighted by Crippen LogP contribution is -2.26. The summed E-state index contributed by atoms with van der Waals surface area (Å²) in [7, 11) is 3.99. The van der Waals surface area contributed by atoms with Gasteiger partial charge in [0.15, 0.2) is 5.78 Å². The van der Waals surface area contributed by atoms with E-state index in [1.807, 2.05) is 58.0 Å². The van der Waals surface area contributed by atoms with Gasteiger partial charge in [-0.05, 0) is 39.6 Å². The topological polar surface area (TPSA) is 20.3 Å². The van der Waals surface area contributed by atoms with Gasteiger partial charge in [-0.2, -0.15) is 0 Å². The number of ketones is 1. The number of hydrogen-bond donors (Lipinski definition) is 0. The lowest BCUT2D eigenvalue weighted by Gasteiger charge is -2.17. The zero-order valence-corrected chi connectivity index (χ0v) is 10.9. The van der Waals surface area contributed by atoms with Crippen molar-refractivity contribution in [1.82, 2.24) is 4.90 Å². The van der Waals surface area contributed by atoms with Crippen molar-refractivity contribution in [2.45, 2.75) is 20.8 Å². The standard InChI is InChI=1S/C14H21NO/c1-10-6-7-11(2)13(8-10)14(16)12(3)9-15(4)5/h6-8,12H,9H2,1-5H3. The molecule has 0 aromatic heterocycles. The highest BCUT2D eigenvalue weighted by Crippen LogP contribution is 2.15. The summed E-state index contributed by atoms with van der Waals surface area (Å²) in [6, 6.07) is 6.05. The molecule has 1 atom stereocenters. The van der Waals surface area contributed by atoms with Crippen molar-refractivity contribution in [2.24, 2.45) is 5.92 Å². The molecule has 16 heavy (non-hydrogen) atoms. The zero-order valence-electron chi connectivity index (χ0n) is 10.9. The molecule has 0 bridgehead atoms. The summed E-state index contributed by atoms with van der Waals surface area (Å²) in [5.74, 6) is 0.297. The van der Waals surface area contributed by atoms with E-state index in [1.54, 1.807) is 0 Å². The Balaban J connectivity index is 2.91. The molecule has 88 valence electrons. The van der Waals surface area contributed by atoms with Crippen LogP contribution in [0.25, 0.3) is 0 Å².